The van der Waals surface area contributed by atoms with Crippen LogP contribution in [0.1, 0.15) is 80.1 Å². The molecule has 1 saturated carbocycles. The van der Waals surface area contributed by atoms with Crippen LogP contribution >= 0.6 is 0 Å². The highest BCUT2D eigenvalue weighted by atomic mass is 28.4. The van der Waals surface area contributed by atoms with Crippen molar-refractivity contribution in [2.45, 2.75) is 140 Å². The van der Waals surface area contributed by atoms with Gasteiger partial charge in [-0.25, -0.2) is 4.79 Å². The van der Waals surface area contributed by atoms with E-state index in [4.69, 9.17) is 32.8 Å². The van der Waals surface area contributed by atoms with Crippen molar-refractivity contribution in [3.63, 3.8) is 0 Å². The fourth-order valence-electron chi connectivity index (χ4n) is 5.69. The summed E-state index contributed by atoms with van der Waals surface area (Å²) in [5, 5.41) is 2.97. The van der Waals surface area contributed by atoms with Gasteiger partial charge in [-0.05, 0) is 50.7 Å². The van der Waals surface area contributed by atoms with E-state index in [-0.39, 0.29) is 24.0 Å². The third-order valence-corrected chi connectivity index (χ3v) is 13.5. The third kappa shape index (κ3) is 7.84. The van der Waals surface area contributed by atoms with Crippen molar-refractivity contribution >= 4 is 20.2 Å². The molecule has 2 saturated heterocycles. The highest BCUT2D eigenvalue weighted by molar-refractivity contribution is 6.74. The van der Waals surface area contributed by atoms with Gasteiger partial charge in [0.2, 0.25) is 5.91 Å². The van der Waals surface area contributed by atoms with Crippen molar-refractivity contribution in [1.82, 2.24) is 5.32 Å². The molecule has 232 valence electrons. The minimum Gasteiger partial charge on any atom is -0.465 e. The molecule has 11 heteroatoms. The van der Waals surface area contributed by atoms with E-state index in [1.807, 2.05) is 13.8 Å². The molecule has 1 N–H and O–H groups in total. The number of ether oxygens (including phenoxy) is 6. The maximum Gasteiger partial charge on any atom is 0.366 e. The summed E-state index contributed by atoms with van der Waals surface area (Å²) in [6.07, 6.45) is 3.21. The summed E-state index contributed by atoms with van der Waals surface area (Å²) >= 11 is 0. The predicted molar refractivity (Wildman–Crippen MR) is 152 cm³/mol. The molecule has 0 aromatic rings. The van der Waals surface area contributed by atoms with E-state index in [9.17, 15) is 9.59 Å². The molecule has 0 aromatic carbocycles. The Morgan fingerprint density at radius 2 is 1.73 bits per heavy atom. The zero-order valence-corrected chi connectivity index (χ0v) is 27.3. The molecule has 0 aromatic heterocycles. The van der Waals surface area contributed by atoms with Gasteiger partial charge in [0.1, 0.15) is 18.3 Å². The highest BCUT2D eigenvalue weighted by Crippen LogP contribution is 2.43. The van der Waals surface area contributed by atoms with E-state index in [2.05, 4.69) is 39.2 Å². The standard InChI is InChI=1S/C29H53NO9Si/c1-19(31)30-23-21(39-40(9,10)27(2,3)4)16-29(34-8,26(32)33-7)38-25(23)24(22-18-36-28(5,6)37-22)35-17-20-14-12-11-13-15-20/h20-25H,11-18H2,1-10H3,(H,30,31)/t21-,22+,23+,24+,25+,29-/m0/s1. The molecule has 10 nitrogen and oxygen atoms in total. The molecule has 2 heterocycles. The molecule has 3 fully saturated rings. The van der Waals surface area contributed by atoms with Crippen molar-refractivity contribution in [3.05, 3.63) is 0 Å². The van der Waals surface area contributed by atoms with Crippen molar-refractivity contribution < 1.29 is 42.4 Å². The topological polar surface area (TPSA) is 111 Å². The lowest BCUT2D eigenvalue weighted by atomic mass is 9.87. The average Bonchev–Trinajstić information content (AvgIpc) is 3.23. The molecule has 1 amide bonds. The number of carbonyl (C=O) groups is 2. The molecular weight excluding hydrogens is 534 g/mol. The Balaban J connectivity index is 2.07. The fraction of sp³-hybridized carbons (Fsp3) is 0.931. The molecule has 3 rings (SSSR count). The molecule has 40 heavy (non-hydrogen) atoms. The maximum absolute atomic E-state index is 13.3. The van der Waals surface area contributed by atoms with Gasteiger partial charge < -0.3 is 38.2 Å². The average molecular weight is 588 g/mol. The Hall–Kier alpha value is -1.08. The lowest BCUT2D eigenvalue weighted by molar-refractivity contribution is -0.308. The molecule has 3 aliphatic rings. The van der Waals surface area contributed by atoms with Crippen LogP contribution in [-0.4, -0.2) is 89.7 Å². The quantitative estimate of drug-likeness (QED) is 0.295. The second-order valence-corrected chi connectivity index (χ2v) is 18.3. The summed E-state index contributed by atoms with van der Waals surface area (Å²) in [6, 6.07) is -0.636. The monoisotopic (exact) mass is 587 g/mol. The van der Waals surface area contributed by atoms with Gasteiger partial charge in [0.05, 0.1) is 32.5 Å². The van der Waals surface area contributed by atoms with Gasteiger partial charge in [-0.2, -0.15) is 0 Å². The van der Waals surface area contributed by atoms with E-state index in [1.165, 1.54) is 40.4 Å². The number of nitrogens with one attached hydrogen (secondary N) is 1. The van der Waals surface area contributed by atoms with E-state index < -0.39 is 56.3 Å². The summed E-state index contributed by atoms with van der Waals surface area (Å²) in [6.45, 7) is 16.7. The lowest BCUT2D eigenvalue weighted by Gasteiger charge is -2.51. The Morgan fingerprint density at radius 1 is 1.07 bits per heavy atom. The van der Waals surface area contributed by atoms with E-state index in [1.54, 1.807) is 0 Å². The summed E-state index contributed by atoms with van der Waals surface area (Å²) in [7, 11) is 0.346. The van der Waals surface area contributed by atoms with Gasteiger partial charge in [0.15, 0.2) is 14.1 Å². The summed E-state index contributed by atoms with van der Waals surface area (Å²) in [5.74, 6) is -3.04. The second-order valence-electron chi connectivity index (χ2n) is 13.5. The normalized spacial score (nSPS) is 32.5. The number of methoxy groups -OCH3 is 2. The van der Waals surface area contributed by atoms with Crippen LogP contribution < -0.4 is 5.32 Å². The second kappa shape index (κ2) is 13.1. The van der Waals surface area contributed by atoms with Crippen LogP contribution in [0.25, 0.3) is 0 Å². The molecule has 0 spiro atoms. The fourth-order valence-corrected chi connectivity index (χ4v) is 7.03. The van der Waals surface area contributed by atoms with Gasteiger partial charge >= 0.3 is 5.97 Å². The third-order valence-electron chi connectivity index (χ3n) is 8.97. The van der Waals surface area contributed by atoms with Crippen molar-refractivity contribution in [3.8, 4) is 0 Å². The Kier molecular flexibility index (Phi) is 10.9. The maximum atomic E-state index is 13.3. The molecule has 2 aliphatic heterocycles. The Labute approximate surface area is 241 Å². The first kappa shape index (κ1) is 33.4. The lowest BCUT2D eigenvalue weighted by Crippen LogP contribution is -2.70. The van der Waals surface area contributed by atoms with Gasteiger partial charge in [0.25, 0.3) is 5.79 Å². The smallest absolute Gasteiger partial charge is 0.366 e. The van der Waals surface area contributed by atoms with Crippen LogP contribution in [0.3, 0.4) is 0 Å². The summed E-state index contributed by atoms with van der Waals surface area (Å²) in [5.41, 5.74) is 0. The SMILES string of the molecule is COC(=O)[C@]1(OC)C[C@H](O[Si](C)(C)C(C)(C)C)[C@@H](NC(C)=O)[C@H]([C@H](OCC2CCCCC2)[C@H]2COC(C)(C)O2)O1. The van der Waals surface area contributed by atoms with Crippen LogP contribution in [0.15, 0.2) is 0 Å². The molecular formula is C29H53NO9Si. The predicted octanol–water partition coefficient (Wildman–Crippen LogP) is 4.30. The minimum atomic E-state index is -2.38. The number of hydrogen-bond donors (Lipinski definition) is 1. The molecule has 0 radical (unpaired) electrons. The largest absolute Gasteiger partial charge is 0.465 e. The molecule has 0 bridgehead atoms. The Morgan fingerprint density at radius 3 is 2.23 bits per heavy atom. The first-order chi connectivity index (χ1) is 18.5. The number of carbonyl (C=O) groups excluding carboxylic acids is 2. The minimum absolute atomic E-state index is 0.0486. The van der Waals surface area contributed by atoms with Gasteiger partial charge in [0, 0.05) is 20.5 Å². The zero-order valence-electron chi connectivity index (χ0n) is 26.3. The number of rotatable bonds is 10. The Bertz CT molecular complexity index is 870. The van der Waals surface area contributed by atoms with Crippen LogP contribution in [0.5, 0.6) is 0 Å². The highest BCUT2D eigenvalue weighted by Gasteiger charge is 2.59. The summed E-state index contributed by atoms with van der Waals surface area (Å²) < 4.78 is 43.4. The molecule has 1 aliphatic carbocycles. The number of amides is 1. The van der Waals surface area contributed by atoms with Gasteiger partial charge in [-0.15, -0.1) is 0 Å². The van der Waals surface area contributed by atoms with Crippen molar-refractivity contribution in [1.29, 1.82) is 0 Å². The van der Waals surface area contributed by atoms with Crippen LogP contribution in [0.4, 0.5) is 0 Å². The van der Waals surface area contributed by atoms with Crippen molar-refractivity contribution in [2.24, 2.45) is 5.92 Å². The zero-order chi connectivity index (χ0) is 29.9. The van der Waals surface area contributed by atoms with E-state index >= 15 is 0 Å². The van der Waals surface area contributed by atoms with E-state index in [0.29, 0.717) is 12.5 Å². The summed E-state index contributed by atoms with van der Waals surface area (Å²) in [4.78, 5) is 25.9. The van der Waals surface area contributed by atoms with Crippen LogP contribution in [0.2, 0.25) is 18.1 Å². The first-order valence-corrected chi connectivity index (χ1v) is 17.6. The van der Waals surface area contributed by atoms with E-state index in [0.717, 1.165) is 12.8 Å². The number of hydrogen-bond acceptors (Lipinski definition) is 9. The van der Waals surface area contributed by atoms with Crippen LogP contribution in [-0.2, 0) is 42.4 Å². The first-order valence-electron chi connectivity index (χ1n) is 14.7. The molecule has 0 unspecified atom stereocenters. The molecule has 6 atom stereocenters. The van der Waals surface area contributed by atoms with Crippen LogP contribution in [0, 0.1) is 5.92 Å². The van der Waals surface area contributed by atoms with Gasteiger partial charge in [-0.3, -0.25) is 4.79 Å². The van der Waals surface area contributed by atoms with Gasteiger partial charge in [-0.1, -0.05) is 40.0 Å². The number of esters is 1. The van der Waals surface area contributed by atoms with Crippen molar-refractivity contribution in [2.75, 3.05) is 27.4 Å².